The molecular formula is C17H23N. The summed E-state index contributed by atoms with van der Waals surface area (Å²) in [6.45, 7) is 4.97. The molecule has 1 aliphatic carbocycles. The van der Waals surface area contributed by atoms with Crippen LogP contribution in [0.2, 0.25) is 0 Å². The molecule has 0 N–H and O–H groups in total. The highest BCUT2D eigenvalue weighted by molar-refractivity contribution is 5.54. The Balaban J connectivity index is 1.77. The second kappa shape index (κ2) is 5.27. The molecule has 1 unspecified atom stereocenters. The first-order chi connectivity index (χ1) is 8.83. The largest absolute Gasteiger partial charge is 0.296 e. The molecule has 96 valence electrons. The van der Waals surface area contributed by atoms with Gasteiger partial charge in [-0.1, -0.05) is 55.3 Å². The van der Waals surface area contributed by atoms with Gasteiger partial charge >= 0.3 is 0 Å². The fourth-order valence-electron chi connectivity index (χ4n) is 3.37. The Labute approximate surface area is 111 Å². The summed E-state index contributed by atoms with van der Waals surface area (Å²) in [5, 5.41) is 0. The molecule has 1 aliphatic heterocycles. The predicted molar refractivity (Wildman–Crippen MR) is 77.4 cm³/mol. The first-order valence-electron chi connectivity index (χ1n) is 7.32. The maximum Gasteiger partial charge on any atom is 0.0311 e. The third-order valence-corrected chi connectivity index (χ3v) is 4.31. The molecule has 1 heteroatoms. The van der Waals surface area contributed by atoms with Crippen molar-refractivity contribution in [3.8, 4) is 0 Å². The fourth-order valence-corrected chi connectivity index (χ4v) is 3.37. The first kappa shape index (κ1) is 12.0. The minimum atomic E-state index is 0.732. The second-order valence-electron chi connectivity index (χ2n) is 5.95. The zero-order chi connectivity index (χ0) is 12.4. The Morgan fingerprint density at radius 3 is 2.61 bits per heavy atom. The van der Waals surface area contributed by atoms with Gasteiger partial charge in [-0.25, -0.2) is 0 Å². The maximum atomic E-state index is 2.68. The minimum Gasteiger partial charge on any atom is -0.296 e. The SMILES string of the molecule is CC1CN(C2CCCCC2=Cc2ccccc2)C1. The van der Waals surface area contributed by atoms with Crippen molar-refractivity contribution in [1.29, 1.82) is 0 Å². The number of benzene rings is 1. The van der Waals surface area contributed by atoms with Gasteiger partial charge in [-0.05, 0) is 30.7 Å². The van der Waals surface area contributed by atoms with Crippen molar-refractivity contribution in [3.63, 3.8) is 0 Å². The van der Waals surface area contributed by atoms with E-state index in [9.17, 15) is 0 Å². The molecule has 0 amide bonds. The molecule has 2 aliphatic rings. The predicted octanol–water partition coefficient (Wildman–Crippen LogP) is 3.96. The van der Waals surface area contributed by atoms with E-state index in [2.05, 4.69) is 48.2 Å². The molecule has 0 radical (unpaired) electrons. The zero-order valence-corrected chi connectivity index (χ0v) is 11.3. The standard InChI is InChI=1S/C17H23N/c1-14-12-18(13-14)17-10-6-5-9-16(17)11-15-7-3-2-4-8-15/h2-4,7-8,11,14,17H,5-6,9-10,12-13H2,1H3. The van der Waals surface area contributed by atoms with Crippen molar-refractivity contribution in [2.45, 2.75) is 38.6 Å². The van der Waals surface area contributed by atoms with Gasteiger partial charge in [-0.3, -0.25) is 4.90 Å². The Kier molecular flexibility index (Phi) is 3.51. The fraction of sp³-hybridized carbons (Fsp3) is 0.529. The molecule has 1 heterocycles. The molecular weight excluding hydrogens is 218 g/mol. The van der Waals surface area contributed by atoms with E-state index in [1.165, 1.54) is 44.3 Å². The number of hydrogen-bond donors (Lipinski definition) is 0. The van der Waals surface area contributed by atoms with Gasteiger partial charge in [0.25, 0.3) is 0 Å². The molecule has 1 saturated carbocycles. The van der Waals surface area contributed by atoms with Crippen LogP contribution < -0.4 is 0 Å². The van der Waals surface area contributed by atoms with Gasteiger partial charge in [0.1, 0.15) is 0 Å². The molecule has 1 aromatic rings. The smallest absolute Gasteiger partial charge is 0.0311 e. The van der Waals surface area contributed by atoms with Crippen LogP contribution >= 0.6 is 0 Å². The van der Waals surface area contributed by atoms with Crippen LogP contribution in [0.1, 0.15) is 38.2 Å². The van der Waals surface area contributed by atoms with Crippen LogP contribution in [0, 0.1) is 5.92 Å². The zero-order valence-electron chi connectivity index (χ0n) is 11.3. The monoisotopic (exact) mass is 241 g/mol. The molecule has 2 fully saturated rings. The summed E-state index contributed by atoms with van der Waals surface area (Å²) in [5.41, 5.74) is 3.03. The Morgan fingerprint density at radius 2 is 1.89 bits per heavy atom. The molecule has 0 spiro atoms. The van der Waals surface area contributed by atoms with Crippen molar-refractivity contribution < 1.29 is 0 Å². The van der Waals surface area contributed by atoms with Crippen LogP contribution in [0.3, 0.4) is 0 Å². The maximum absolute atomic E-state index is 2.68. The number of likely N-dealkylation sites (tertiary alicyclic amines) is 1. The molecule has 1 aromatic carbocycles. The highest BCUT2D eigenvalue weighted by atomic mass is 15.2. The molecule has 3 rings (SSSR count). The van der Waals surface area contributed by atoms with Crippen molar-refractivity contribution >= 4 is 6.08 Å². The van der Waals surface area contributed by atoms with Crippen molar-refractivity contribution in [2.24, 2.45) is 5.92 Å². The third kappa shape index (κ3) is 2.51. The van der Waals surface area contributed by atoms with E-state index >= 15 is 0 Å². The summed E-state index contributed by atoms with van der Waals surface area (Å²) in [5.74, 6) is 0.907. The lowest BCUT2D eigenvalue weighted by Gasteiger charge is -2.45. The average molecular weight is 241 g/mol. The van der Waals surface area contributed by atoms with E-state index in [0.29, 0.717) is 0 Å². The van der Waals surface area contributed by atoms with E-state index in [1.807, 2.05) is 0 Å². The van der Waals surface area contributed by atoms with Gasteiger partial charge in [0.2, 0.25) is 0 Å². The van der Waals surface area contributed by atoms with Gasteiger partial charge in [-0.2, -0.15) is 0 Å². The summed E-state index contributed by atoms with van der Waals surface area (Å²) in [6.07, 6.45) is 7.88. The molecule has 18 heavy (non-hydrogen) atoms. The van der Waals surface area contributed by atoms with Crippen molar-refractivity contribution in [2.75, 3.05) is 13.1 Å². The molecule has 0 aromatic heterocycles. The van der Waals surface area contributed by atoms with Crippen LogP contribution in [0.4, 0.5) is 0 Å². The number of rotatable bonds is 2. The normalized spacial score (nSPS) is 28.3. The molecule has 1 atom stereocenters. The second-order valence-corrected chi connectivity index (χ2v) is 5.95. The number of hydrogen-bond acceptors (Lipinski definition) is 1. The topological polar surface area (TPSA) is 3.24 Å². The summed E-state index contributed by atoms with van der Waals surface area (Å²) in [7, 11) is 0. The van der Waals surface area contributed by atoms with Crippen LogP contribution in [-0.4, -0.2) is 24.0 Å². The Bertz CT molecular complexity index is 414. The average Bonchev–Trinajstić information content (AvgIpc) is 2.37. The van der Waals surface area contributed by atoms with Gasteiger partial charge in [-0.15, -0.1) is 0 Å². The van der Waals surface area contributed by atoms with E-state index in [4.69, 9.17) is 0 Å². The Morgan fingerprint density at radius 1 is 1.11 bits per heavy atom. The van der Waals surface area contributed by atoms with Gasteiger partial charge < -0.3 is 0 Å². The molecule has 0 bridgehead atoms. The lowest BCUT2D eigenvalue weighted by atomic mass is 9.84. The molecule has 1 saturated heterocycles. The highest BCUT2D eigenvalue weighted by Crippen LogP contribution is 2.33. The summed E-state index contributed by atoms with van der Waals surface area (Å²) in [4.78, 5) is 2.68. The molecule has 1 nitrogen and oxygen atoms in total. The van der Waals surface area contributed by atoms with E-state index in [-0.39, 0.29) is 0 Å². The van der Waals surface area contributed by atoms with Crippen molar-refractivity contribution in [1.82, 2.24) is 4.90 Å². The van der Waals surface area contributed by atoms with Gasteiger partial charge in [0.15, 0.2) is 0 Å². The van der Waals surface area contributed by atoms with Crippen LogP contribution in [-0.2, 0) is 0 Å². The van der Waals surface area contributed by atoms with E-state index < -0.39 is 0 Å². The van der Waals surface area contributed by atoms with Gasteiger partial charge in [0.05, 0.1) is 0 Å². The lowest BCUT2D eigenvalue weighted by Crippen LogP contribution is -2.52. The summed E-state index contributed by atoms with van der Waals surface area (Å²) < 4.78 is 0. The lowest BCUT2D eigenvalue weighted by molar-refractivity contribution is 0.0671. The van der Waals surface area contributed by atoms with Gasteiger partial charge in [0, 0.05) is 19.1 Å². The van der Waals surface area contributed by atoms with Crippen LogP contribution in [0.15, 0.2) is 35.9 Å². The van der Waals surface area contributed by atoms with E-state index in [1.54, 1.807) is 5.57 Å². The quantitative estimate of drug-likeness (QED) is 0.757. The third-order valence-electron chi connectivity index (χ3n) is 4.31. The summed E-state index contributed by atoms with van der Waals surface area (Å²) in [6, 6.07) is 11.5. The van der Waals surface area contributed by atoms with Crippen LogP contribution in [0.25, 0.3) is 6.08 Å². The van der Waals surface area contributed by atoms with Crippen LogP contribution in [0.5, 0.6) is 0 Å². The minimum absolute atomic E-state index is 0.732. The van der Waals surface area contributed by atoms with Crippen molar-refractivity contribution in [3.05, 3.63) is 41.5 Å². The highest BCUT2D eigenvalue weighted by Gasteiger charge is 2.32. The van der Waals surface area contributed by atoms with E-state index in [0.717, 1.165) is 12.0 Å². The Hall–Kier alpha value is -1.08. The number of nitrogens with zero attached hydrogens (tertiary/aromatic N) is 1. The summed E-state index contributed by atoms with van der Waals surface area (Å²) >= 11 is 0. The first-order valence-corrected chi connectivity index (χ1v) is 7.32.